The summed E-state index contributed by atoms with van der Waals surface area (Å²) in [5, 5.41) is 0. The van der Waals surface area contributed by atoms with Crippen molar-refractivity contribution in [3.8, 4) is 0 Å². The van der Waals surface area contributed by atoms with E-state index in [2.05, 4.69) is 39.8 Å². The van der Waals surface area contributed by atoms with Crippen LogP contribution in [0.3, 0.4) is 0 Å². The molecule has 0 amide bonds. The summed E-state index contributed by atoms with van der Waals surface area (Å²) in [5.41, 5.74) is 7.08. The van der Waals surface area contributed by atoms with Crippen molar-refractivity contribution in [1.29, 1.82) is 0 Å². The fourth-order valence-corrected chi connectivity index (χ4v) is 8.65. The molecule has 0 N–H and O–H groups in total. The van der Waals surface area contributed by atoms with Crippen molar-refractivity contribution in [2.24, 2.45) is 23.7 Å². The quantitative estimate of drug-likeness (QED) is 0.562. The minimum atomic E-state index is -0.538. The Morgan fingerprint density at radius 3 is 1.48 bits per heavy atom. The van der Waals surface area contributed by atoms with Gasteiger partial charge in [-0.15, -0.1) is 0 Å². The van der Waals surface area contributed by atoms with E-state index in [9.17, 15) is 0 Å². The molecule has 0 fully saturated rings. The third-order valence-corrected chi connectivity index (χ3v) is 10.6. The molecule has 0 radical (unpaired) electrons. The molecule has 0 spiro atoms. The zero-order valence-electron chi connectivity index (χ0n) is 14.5. The fraction of sp³-hybridized carbons (Fsp3) is 0.600. The molecule has 0 aromatic rings. The smallest absolute Gasteiger partial charge is 1.00 e. The van der Waals surface area contributed by atoms with E-state index in [1.54, 1.807) is 22.3 Å². The van der Waals surface area contributed by atoms with Gasteiger partial charge in [0.15, 0.2) is 0 Å². The molecule has 4 rings (SSSR count). The SMILES string of the molecule is CC1CCC2=C1C=[C]([Zr+2][C]1=CC3=C(CCC3C)C1C)C2C.[Cl-].[Cl-]. The Hall–Kier alpha value is 0.423. The summed E-state index contributed by atoms with van der Waals surface area (Å²) in [6.45, 7) is 9.82. The predicted molar refractivity (Wildman–Crippen MR) is 85.3 cm³/mol. The Balaban J connectivity index is 0.000000960. The third-order valence-electron chi connectivity index (χ3n) is 6.39. The van der Waals surface area contributed by atoms with Gasteiger partial charge < -0.3 is 24.8 Å². The maximum atomic E-state index is 2.64. The second-order valence-corrected chi connectivity index (χ2v) is 11.1. The van der Waals surface area contributed by atoms with E-state index in [0.717, 1.165) is 23.7 Å². The molecule has 3 heteroatoms. The van der Waals surface area contributed by atoms with E-state index in [-0.39, 0.29) is 24.8 Å². The number of rotatable bonds is 2. The van der Waals surface area contributed by atoms with Gasteiger partial charge in [0.05, 0.1) is 0 Å². The number of allylic oxidation sites excluding steroid dienone is 8. The molecule has 0 aliphatic heterocycles. The number of hydrogen-bond acceptors (Lipinski definition) is 0. The van der Waals surface area contributed by atoms with E-state index < -0.39 is 23.2 Å². The van der Waals surface area contributed by atoms with Gasteiger partial charge in [-0.25, -0.2) is 0 Å². The Morgan fingerprint density at radius 1 is 0.739 bits per heavy atom. The van der Waals surface area contributed by atoms with Crippen LogP contribution >= 0.6 is 0 Å². The van der Waals surface area contributed by atoms with E-state index >= 15 is 0 Å². The Bertz CT molecular complexity index is 570. The van der Waals surface area contributed by atoms with Gasteiger partial charge in [-0.1, -0.05) is 0 Å². The molecule has 0 aromatic heterocycles. The van der Waals surface area contributed by atoms with Crippen molar-refractivity contribution in [2.45, 2.75) is 53.4 Å². The maximum Gasteiger partial charge on any atom is -1.00 e. The molecule has 23 heavy (non-hydrogen) atoms. The predicted octanol–water partition coefficient (Wildman–Crippen LogP) is -0.403. The first kappa shape index (κ1) is 19.7. The molecular formula is C20H26Cl2Zr. The van der Waals surface area contributed by atoms with Gasteiger partial charge in [0.1, 0.15) is 0 Å². The molecule has 0 bridgehead atoms. The molecule has 124 valence electrons. The van der Waals surface area contributed by atoms with Gasteiger partial charge in [-0.2, -0.15) is 0 Å². The minimum absolute atomic E-state index is 0. The molecule has 4 unspecified atom stereocenters. The second kappa shape index (κ2) is 7.35. The Kier molecular flexibility index (Phi) is 6.31. The van der Waals surface area contributed by atoms with E-state index in [1.807, 2.05) is 6.56 Å². The van der Waals surface area contributed by atoms with Crippen molar-refractivity contribution < 1.29 is 48.0 Å². The first-order valence-corrected chi connectivity index (χ1v) is 11.2. The summed E-state index contributed by atoms with van der Waals surface area (Å²) in [6, 6.07) is 0. The standard InChI is InChI=1S/2C10H13.2ClH.Zr/c2*1-7-3-5-10-8(2)4-6-9(7)10;;;/h2*6-8H,3,5H2,1-2H3;2*1H;/q;;;;+2/p-2. The first-order chi connectivity index (χ1) is 10.1. The monoisotopic (exact) mass is 426 g/mol. The van der Waals surface area contributed by atoms with Gasteiger partial charge in [0.25, 0.3) is 0 Å². The zero-order chi connectivity index (χ0) is 14.7. The van der Waals surface area contributed by atoms with Crippen molar-refractivity contribution in [3.63, 3.8) is 0 Å². The van der Waals surface area contributed by atoms with Crippen LogP contribution in [0.2, 0.25) is 0 Å². The maximum absolute atomic E-state index is 2.64. The largest absolute Gasteiger partial charge is 1.00 e. The minimum Gasteiger partial charge on any atom is -1.00 e. The van der Waals surface area contributed by atoms with Crippen LogP contribution in [0, 0.1) is 23.7 Å². The molecule has 0 aromatic carbocycles. The molecule has 0 saturated carbocycles. The first-order valence-electron chi connectivity index (χ1n) is 8.72. The van der Waals surface area contributed by atoms with Gasteiger partial charge >= 0.3 is 141 Å². The molecule has 4 aliphatic carbocycles. The van der Waals surface area contributed by atoms with Crippen LogP contribution in [0.4, 0.5) is 0 Å². The van der Waals surface area contributed by atoms with Crippen molar-refractivity contribution in [2.75, 3.05) is 0 Å². The average Bonchev–Trinajstić information content (AvgIpc) is 3.15. The van der Waals surface area contributed by atoms with Crippen LogP contribution in [-0.4, -0.2) is 0 Å². The normalized spacial score (nSPS) is 34.4. The van der Waals surface area contributed by atoms with Gasteiger partial charge in [-0.05, 0) is 0 Å². The number of halogens is 2. The van der Waals surface area contributed by atoms with Crippen LogP contribution in [0.5, 0.6) is 0 Å². The summed E-state index contributed by atoms with van der Waals surface area (Å²) in [4.78, 5) is 0. The van der Waals surface area contributed by atoms with Gasteiger partial charge in [0.2, 0.25) is 0 Å². The second-order valence-electron chi connectivity index (χ2n) is 7.61. The average molecular weight is 429 g/mol. The van der Waals surface area contributed by atoms with Crippen molar-refractivity contribution in [1.82, 2.24) is 0 Å². The van der Waals surface area contributed by atoms with Crippen molar-refractivity contribution >= 4 is 0 Å². The van der Waals surface area contributed by atoms with Crippen molar-refractivity contribution in [3.05, 3.63) is 41.0 Å². The van der Waals surface area contributed by atoms with E-state index in [0.29, 0.717) is 0 Å². The summed E-state index contributed by atoms with van der Waals surface area (Å²) < 4.78 is 3.73. The summed E-state index contributed by atoms with van der Waals surface area (Å²) in [7, 11) is 0. The fourth-order valence-electron chi connectivity index (χ4n) is 4.80. The Morgan fingerprint density at radius 2 is 1.13 bits per heavy atom. The molecular weight excluding hydrogens is 402 g/mol. The van der Waals surface area contributed by atoms with E-state index in [4.69, 9.17) is 0 Å². The number of hydrogen-bond donors (Lipinski definition) is 0. The topological polar surface area (TPSA) is 0 Å². The van der Waals surface area contributed by atoms with Gasteiger partial charge in [-0.3, -0.25) is 0 Å². The van der Waals surface area contributed by atoms with Crippen LogP contribution in [-0.2, 0) is 23.2 Å². The van der Waals surface area contributed by atoms with Crippen LogP contribution < -0.4 is 24.8 Å². The zero-order valence-corrected chi connectivity index (χ0v) is 18.5. The van der Waals surface area contributed by atoms with E-state index in [1.165, 1.54) is 25.7 Å². The molecule has 4 aliphatic rings. The summed E-state index contributed by atoms with van der Waals surface area (Å²) in [5.74, 6) is 3.24. The molecule has 0 nitrogen and oxygen atoms in total. The van der Waals surface area contributed by atoms with Crippen LogP contribution in [0.1, 0.15) is 53.4 Å². The Labute approximate surface area is 165 Å². The summed E-state index contributed by atoms with van der Waals surface area (Å²) >= 11 is -0.538. The van der Waals surface area contributed by atoms with Crippen LogP contribution in [0.25, 0.3) is 0 Å². The molecule has 0 heterocycles. The van der Waals surface area contributed by atoms with Crippen LogP contribution in [0.15, 0.2) is 41.0 Å². The summed E-state index contributed by atoms with van der Waals surface area (Å²) in [6.07, 6.45) is 10.8. The molecule has 0 saturated heterocycles. The third kappa shape index (κ3) is 3.16. The van der Waals surface area contributed by atoms with Gasteiger partial charge in [0, 0.05) is 0 Å². The molecule has 4 atom stereocenters.